The molecule has 0 aliphatic heterocycles. The standard InChI is InChI=1S/C24H27BrN2O6/c1-12(2)10-32-18-8-16(23(28)30-5)26-21-14(18)7-15-19(33-11-13(3)4)9-17(24(29)31-6)27-22(15)20(21)25/h7-9,12-13H,10-11H2,1-6H3. The summed E-state index contributed by atoms with van der Waals surface area (Å²) in [4.78, 5) is 33.5. The van der Waals surface area contributed by atoms with E-state index in [0.717, 1.165) is 0 Å². The van der Waals surface area contributed by atoms with E-state index in [1.165, 1.54) is 14.2 Å². The summed E-state index contributed by atoms with van der Waals surface area (Å²) in [5, 5.41) is 1.34. The van der Waals surface area contributed by atoms with E-state index in [2.05, 4.69) is 25.9 Å². The first-order chi connectivity index (χ1) is 15.7. The maximum Gasteiger partial charge on any atom is 0.356 e. The van der Waals surface area contributed by atoms with Gasteiger partial charge in [0.05, 0.1) is 42.9 Å². The number of hydrogen-bond acceptors (Lipinski definition) is 8. The maximum absolute atomic E-state index is 12.3. The van der Waals surface area contributed by atoms with Crippen molar-refractivity contribution in [3.63, 3.8) is 0 Å². The zero-order valence-electron chi connectivity index (χ0n) is 19.5. The highest BCUT2D eigenvalue weighted by molar-refractivity contribution is 9.10. The van der Waals surface area contributed by atoms with E-state index < -0.39 is 11.9 Å². The van der Waals surface area contributed by atoms with Crippen LogP contribution in [0.1, 0.15) is 48.7 Å². The molecule has 1 aromatic carbocycles. The summed E-state index contributed by atoms with van der Waals surface area (Å²) in [6.45, 7) is 9.04. The molecular weight excluding hydrogens is 492 g/mol. The zero-order chi connectivity index (χ0) is 24.3. The number of aromatic nitrogens is 2. The number of methoxy groups -OCH3 is 2. The fourth-order valence-electron chi connectivity index (χ4n) is 3.10. The van der Waals surface area contributed by atoms with Crippen molar-refractivity contribution < 1.29 is 28.5 Å². The second kappa shape index (κ2) is 10.3. The van der Waals surface area contributed by atoms with Crippen molar-refractivity contribution in [1.82, 2.24) is 9.97 Å². The van der Waals surface area contributed by atoms with E-state index in [4.69, 9.17) is 18.9 Å². The Kier molecular flexibility index (Phi) is 7.73. The molecule has 0 bridgehead atoms. The van der Waals surface area contributed by atoms with Crippen LogP contribution in [0.3, 0.4) is 0 Å². The number of carbonyl (C=O) groups is 2. The lowest BCUT2D eigenvalue weighted by atomic mass is 10.1. The van der Waals surface area contributed by atoms with E-state index in [-0.39, 0.29) is 23.2 Å². The molecule has 2 heterocycles. The van der Waals surface area contributed by atoms with Gasteiger partial charge in [-0.05, 0) is 33.8 Å². The molecule has 0 saturated heterocycles. The molecule has 9 heteroatoms. The van der Waals surface area contributed by atoms with Crippen LogP contribution in [0.2, 0.25) is 0 Å². The normalized spacial score (nSPS) is 11.3. The van der Waals surface area contributed by atoms with Crippen molar-refractivity contribution in [2.24, 2.45) is 11.8 Å². The highest BCUT2D eigenvalue weighted by atomic mass is 79.9. The number of fused-ring (bicyclic) bond motifs is 2. The minimum atomic E-state index is -0.587. The second-order valence-corrected chi connectivity index (χ2v) is 9.18. The van der Waals surface area contributed by atoms with Crippen molar-refractivity contribution in [3.05, 3.63) is 34.1 Å². The van der Waals surface area contributed by atoms with Gasteiger partial charge in [0.15, 0.2) is 11.4 Å². The summed E-state index contributed by atoms with van der Waals surface area (Å²) >= 11 is 3.58. The number of ether oxygens (including phenoxy) is 4. The van der Waals surface area contributed by atoms with Crippen LogP contribution in [-0.2, 0) is 9.47 Å². The van der Waals surface area contributed by atoms with Gasteiger partial charge in [-0.15, -0.1) is 0 Å². The van der Waals surface area contributed by atoms with Gasteiger partial charge in [-0.2, -0.15) is 0 Å². The summed E-state index contributed by atoms with van der Waals surface area (Å²) in [5.41, 5.74) is 1.11. The third-order valence-corrected chi connectivity index (χ3v) is 5.43. The molecule has 0 fully saturated rings. The molecule has 3 rings (SSSR count). The van der Waals surface area contributed by atoms with Crippen LogP contribution in [0, 0.1) is 11.8 Å². The number of rotatable bonds is 8. The lowest BCUT2D eigenvalue weighted by Crippen LogP contribution is -2.10. The molecular formula is C24H27BrN2O6. The van der Waals surface area contributed by atoms with Crippen LogP contribution in [0.15, 0.2) is 22.7 Å². The number of benzene rings is 1. The van der Waals surface area contributed by atoms with Gasteiger partial charge < -0.3 is 18.9 Å². The molecule has 0 amide bonds. The molecule has 0 aliphatic rings. The highest BCUT2D eigenvalue weighted by Crippen LogP contribution is 2.39. The molecule has 0 spiro atoms. The number of carbonyl (C=O) groups excluding carboxylic acids is 2. The molecule has 8 nitrogen and oxygen atoms in total. The van der Waals surface area contributed by atoms with Crippen LogP contribution in [0.5, 0.6) is 11.5 Å². The predicted molar refractivity (Wildman–Crippen MR) is 128 cm³/mol. The molecule has 2 aromatic heterocycles. The van der Waals surface area contributed by atoms with E-state index >= 15 is 0 Å². The van der Waals surface area contributed by atoms with E-state index in [0.29, 0.717) is 51.0 Å². The van der Waals surface area contributed by atoms with E-state index in [1.54, 1.807) is 12.1 Å². The van der Waals surface area contributed by atoms with Gasteiger partial charge in [0.25, 0.3) is 0 Å². The Morgan fingerprint density at radius 1 is 0.788 bits per heavy atom. The SMILES string of the molecule is COC(=O)c1cc(OCC(C)C)c2cc3c(OCC(C)C)cc(C(=O)OC)nc3c(Br)c2n1. The lowest BCUT2D eigenvalue weighted by molar-refractivity contribution is 0.0585. The first-order valence-electron chi connectivity index (χ1n) is 10.6. The van der Waals surface area contributed by atoms with Crippen molar-refractivity contribution in [1.29, 1.82) is 0 Å². The maximum atomic E-state index is 12.3. The Hall–Kier alpha value is -2.94. The second-order valence-electron chi connectivity index (χ2n) is 8.39. The summed E-state index contributed by atoms with van der Waals surface area (Å²) in [7, 11) is 2.58. The zero-order valence-corrected chi connectivity index (χ0v) is 21.1. The Bertz CT molecular complexity index is 1120. The molecule has 0 atom stereocenters. The number of halogens is 1. The van der Waals surface area contributed by atoms with Gasteiger partial charge in [0.2, 0.25) is 0 Å². The number of hydrogen-bond donors (Lipinski definition) is 0. The quantitative estimate of drug-likeness (QED) is 0.297. The minimum absolute atomic E-state index is 0.101. The molecule has 33 heavy (non-hydrogen) atoms. The third-order valence-electron chi connectivity index (χ3n) is 4.68. The van der Waals surface area contributed by atoms with Gasteiger partial charge in [0.1, 0.15) is 11.5 Å². The van der Waals surface area contributed by atoms with Crippen LogP contribution >= 0.6 is 15.9 Å². The van der Waals surface area contributed by atoms with Gasteiger partial charge in [-0.1, -0.05) is 27.7 Å². The average Bonchev–Trinajstić information content (AvgIpc) is 2.80. The van der Waals surface area contributed by atoms with Crippen LogP contribution in [-0.4, -0.2) is 49.3 Å². The van der Waals surface area contributed by atoms with Gasteiger partial charge in [-0.25, -0.2) is 19.6 Å². The number of esters is 2. The average molecular weight is 519 g/mol. The van der Waals surface area contributed by atoms with E-state index in [1.807, 2.05) is 33.8 Å². The summed E-state index contributed by atoms with van der Waals surface area (Å²) in [6.07, 6.45) is 0. The molecule has 0 unspecified atom stereocenters. The summed E-state index contributed by atoms with van der Waals surface area (Å²) in [5.74, 6) is 0.346. The lowest BCUT2D eigenvalue weighted by Gasteiger charge is -2.17. The van der Waals surface area contributed by atoms with Crippen LogP contribution in [0.25, 0.3) is 21.8 Å². The Labute approximate surface area is 200 Å². The predicted octanol–water partition coefficient (Wildman–Crippen LogP) is 5.19. The largest absolute Gasteiger partial charge is 0.493 e. The van der Waals surface area contributed by atoms with Crippen molar-refractivity contribution in [2.75, 3.05) is 27.4 Å². The fourth-order valence-corrected chi connectivity index (χ4v) is 3.71. The summed E-state index contributed by atoms with van der Waals surface area (Å²) in [6, 6.07) is 4.99. The molecule has 0 radical (unpaired) electrons. The van der Waals surface area contributed by atoms with Crippen molar-refractivity contribution >= 4 is 49.7 Å². The Morgan fingerprint density at radius 3 is 1.52 bits per heavy atom. The highest BCUT2D eigenvalue weighted by Gasteiger charge is 2.22. The first kappa shape index (κ1) is 24.7. The molecule has 3 aromatic rings. The Balaban J connectivity index is 2.36. The third kappa shape index (κ3) is 5.35. The topological polar surface area (TPSA) is 96.8 Å². The van der Waals surface area contributed by atoms with Crippen molar-refractivity contribution in [2.45, 2.75) is 27.7 Å². The Morgan fingerprint density at radius 2 is 1.18 bits per heavy atom. The van der Waals surface area contributed by atoms with Crippen LogP contribution < -0.4 is 9.47 Å². The van der Waals surface area contributed by atoms with Gasteiger partial charge >= 0.3 is 11.9 Å². The molecule has 0 N–H and O–H groups in total. The van der Waals surface area contributed by atoms with Gasteiger partial charge in [-0.3, -0.25) is 0 Å². The van der Waals surface area contributed by atoms with Gasteiger partial charge in [0, 0.05) is 22.9 Å². The first-order valence-corrected chi connectivity index (χ1v) is 11.4. The number of pyridine rings is 2. The fraction of sp³-hybridized carbons (Fsp3) is 0.417. The van der Waals surface area contributed by atoms with E-state index in [9.17, 15) is 9.59 Å². The number of nitrogens with zero attached hydrogens (tertiary/aromatic N) is 2. The van der Waals surface area contributed by atoms with Crippen molar-refractivity contribution in [3.8, 4) is 11.5 Å². The molecule has 176 valence electrons. The minimum Gasteiger partial charge on any atom is -0.493 e. The monoisotopic (exact) mass is 518 g/mol. The smallest absolute Gasteiger partial charge is 0.356 e. The molecule has 0 saturated carbocycles. The summed E-state index contributed by atoms with van der Waals surface area (Å²) < 4.78 is 22.3. The molecule has 0 aliphatic carbocycles. The van der Waals surface area contributed by atoms with Crippen LogP contribution in [0.4, 0.5) is 0 Å².